The van der Waals surface area contributed by atoms with Gasteiger partial charge in [-0.25, -0.2) is 13.6 Å². The largest absolute Gasteiger partial charge is 0.489 e. The predicted molar refractivity (Wildman–Crippen MR) is 169 cm³/mol. The molecule has 0 radical (unpaired) electrons. The van der Waals surface area contributed by atoms with Crippen molar-refractivity contribution in [3.63, 3.8) is 0 Å². The van der Waals surface area contributed by atoms with Gasteiger partial charge in [-0.1, -0.05) is 36.4 Å². The standard InChI is InChI=1S/C35H44F2N2O5/c1-23(38-33(41)44-35(5,6)7)28-13-11-14-29(32(28)37)26-18-24(19-27(20-26)39(8)17-16-36)22-42-30-15-10-9-12-25(30)21-31(40)43-34(2,3)4/h9-15,18-20,23H,16-17,21-22H2,1-8H3,(H,38,41). The van der Waals surface area contributed by atoms with Gasteiger partial charge in [0.15, 0.2) is 0 Å². The summed E-state index contributed by atoms with van der Waals surface area (Å²) in [4.78, 5) is 26.6. The minimum Gasteiger partial charge on any atom is -0.489 e. The van der Waals surface area contributed by atoms with E-state index in [2.05, 4.69) is 5.32 Å². The number of anilines is 1. The Balaban J connectivity index is 1.92. The third-order valence-corrected chi connectivity index (χ3v) is 6.50. The molecule has 1 atom stereocenters. The van der Waals surface area contributed by atoms with Crippen molar-refractivity contribution in [2.75, 3.05) is 25.2 Å². The van der Waals surface area contributed by atoms with Crippen molar-refractivity contribution < 1.29 is 32.6 Å². The molecule has 3 aromatic rings. The van der Waals surface area contributed by atoms with Crippen LogP contribution in [0.4, 0.5) is 19.3 Å². The Morgan fingerprint density at radius 1 is 0.932 bits per heavy atom. The van der Waals surface area contributed by atoms with Crippen LogP contribution in [0.1, 0.15) is 71.2 Å². The van der Waals surface area contributed by atoms with Gasteiger partial charge in [-0.15, -0.1) is 0 Å². The van der Waals surface area contributed by atoms with Crippen LogP contribution in [0.25, 0.3) is 11.1 Å². The van der Waals surface area contributed by atoms with Crippen molar-refractivity contribution in [2.45, 2.75) is 78.7 Å². The average Bonchev–Trinajstić information content (AvgIpc) is 2.90. The molecule has 0 saturated heterocycles. The van der Waals surface area contributed by atoms with E-state index in [4.69, 9.17) is 14.2 Å². The zero-order valence-electron chi connectivity index (χ0n) is 26.9. The van der Waals surface area contributed by atoms with Gasteiger partial charge >= 0.3 is 12.1 Å². The van der Waals surface area contributed by atoms with Gasteiger partial charge < -0.3 is 24.4 Å². The number of alkyl halides is 1. The summed E-state index contributed by atoms with van der Waals surface area (Å²) in [5, 5.41) is 2.70. The van der Waals surface area contributed by atoms with Gasteiger partial charge in [-0.3, -0.25) is 4.79 Å². The molecule has 0 aliphatic rings. The number of carbonyl (C=O) groups excluding carboxylic acids is 2. The molecule has 3 aromatic carbocycles. The SMILES string of the molecule is CC(NC(=O)OC(C)(C)C)c1cccc(-c2cc(COc3ccccc3CC(=O)OC(C)(C)C)cc(N(C)CCF)c2)c1F. The summed E-state index contributed by atoms with van der Waals surface area (Å²) >= 11 is 0. The van der Waals surface area contributed by atoms with Crippen LogP contribution in [0.15, 0.2) is 60.7 Å². The monoisotopic (exact) mass is 610 g/mol. The van der Waals surface area contributed by atoms with E-state index < -0.39 is 35.8 Å². The zero-order valence-corrected chi connectivity index (χ0v) is 26.9. The molecule has 1 amide bonds. The lowest BCUT2D eigenvalue weighted by molar-refractivity contribution is -0.153. The molecule has 1 N–H and O–H groups in total. The van der Waals surface area contributed by atoms with Crippen LogP contribution in [0, 0.1) is 5.82 Å². The highest BCUT2D eigenvalue weighted by atomic mass is 19.1. The van der Waals surface area contributed by atoms with Gasteiger partial charge in [-0.05, 0) is 83.9 Å². The van der Waals surface area contributed by atoms with Crippen LogP contribution < -0.4 is 15.0 Å². The summed E-state index contributed by atoms with van der Waals surface area (Å²) in [6.07, 6.45) is -0.595. The number of nitrogens with zero attached hydrogens (tertiary/aromatic N) is 1. The van der Waals surface area contributed by atoms with Crippen molar-refractivity contribution in [1.29, 1.82) is 0 Å². The van der Waals surface area contributed by atoms with Crippen LogP contribution >= 0.6 is 0 Å². The lowest BCUT2D eigenvalue weighted by Gasteiger charge is -2.23. The van der Waals surface area contributed by atoms with Crippen LogP contribution in [-0.2, 0) is 27.3 Å². The first-order valence-electron chi connectivity index (χ1n) is 14.7. The minimum atomic E-state index is -0.689. The summed E-state index contributed by atoms with van der Waals surface area (Å²) in [5.41, 5.74) is 1.98. The Morgan fingerprint density at radius 3 is 2.27 bits per heavy atom. The molecule has 0 heterocycles. The van der Waals surface area contributed by atoms with Crippen molar-refractivity contribution >= 4 is 17.7 Å². The van der Waals surface area contributed by atoms with E-state index in [1.165, 1.54) is 0 Å². The minimum absolute atomic E-state index is 0.0471. The summed E-state index contributed by atoms with van der Waals surface area (Å²) in [5.74, 6) is -0.329. The van der Waals surface area contributed by atoms with E-state index in [1.807, 2.05) is 51.1 Å². The Morgan fingerprint density at radius 2 is 1.61 bits per heavy atom. The maximum Gasteiger partial charge on any atom is 0.408 e. The molecule has 0 aliphatic heterocycles. The van der Waals surface area contributed by atoms with Crippen LogP contribution in [0.2, 0.25) is 0 Å². The summed E-state index contributed by atoms with van der Waals surface area (Å²) in [7, 11) is 1.76. The van der Waals surface area contributed by atoms with Gasteiger partial charge in [0.25, 0.3) is 0 Å². The first kappa shape index (κ1) is 34.4. The second kappa shape index (κ2) is 14.6. The maximum atomic E-state index is 16.0. The lowest BCUT2D eigenvalue weighted by Crippen LogP contribution is -2.34. The fourth-order valence-electron chi connectivity index (χ4n) is 4.54. The number of esters is 1. The van der Waals surface area contributed by atoms with Crippen molar-refractivity contribution in [2.24, 2.45) is 0 Å². The Bertz CT molecular complexity index is 1450. The number of nitrogens with one attached hydrogen (secondary N) is 1. The van der Waals surface area contributed by atoms with Crippen LogP contribution in [0.3, 0.4) is 0 Å². The highest BCUT2D eigenvalue weighted by Gasteiger charge is 2.22. The number of hydrogen-bond acceptors (Lipinski definition) is 6. The van der Waals surface area contributed by atoms with Crippen molar-refractivity contribution in [3.8, 4) is 16.9 Å². The molecule has 238 valence electrons. The quantitative estimate of drug-likeness (QED) is 0.222. The Kier molecular flexibility index (Phi) is 11.4. The first-order chi connectivity index (χ1) is 20.6. The molecule has 3 rings (SSSR count). The lowest BCUT2D eigenvalue weighted by atomic mass is 9.97. The number of amides is 1. The molecule has 0 aliphatic carbocycles. The highest BCUT2D eigenvalue weighted by Crippen LogP contribution is 2.32. The van der Waals surface area contributed by atoms with E-state index in [0.29, 0.717) is 33.7 Å². The van der Waals surface area contributed by atoms with Crippen molar-refractivity contribution in [1.82, 2.24) is 5.32 Å². The van der Waals surface area contributed by atoms with E-state index >= 15 is 4.39 Å². The Hall–Kier alpha value is -4.14. The van der Waals surface area contributed by atoms with E-state index in [1.54, 1.807) is 70.0 Å². The predicted octanol–water partition coefficient (Wildman–Crippen LogP) is 7.95. The Labute approximate surface area is 259 Å². The third-order valence-electron chi connectivity index (χ3n) is 6.50. The topological polar surface area (TPSA) is 77.1 Å². The van der Waals surface area contributed by atoms with E-state index in [0.717, 1.165) is 5.56 Å². The molecule has 0 bridgehead atoms. The highest BCUT2D eigenvalue weighted by molar-refractivity contribution is 5.74. The summed E-state index contributed by atoms with van der Waals surface area (Å²) in [6.45, 7) is 12.1. The second-order valence-electron chi connectivity index (χ2n) is 12.7. The first-order valence-corrected chi connectivity index (χ1v) is 14.7. The number of ether oxygens (including phenoxy) is 3. The van der Waals surface area contributed by atoms with Gasteiger partial charge in [0.1, 0.15) is 36.1 Å². The fraction of sp³-hybridized carbons (Fsp3) is 0.429. The number of para-hydroxylation sites is 1. The molecule has 44 heavy (non-hydrogen) atoms. The molecule has 1 unspecified atom stereocenters. The normalized spacial score (nSPS) is 12.3. The van der Waals surface area contributed by atoms with Gasteiger partial charge in [0.2, 0.25) is 0 Å². The smallest absolute Gasteiger partial charge is 0.408 e. The molecule has 0 fully saturated rings. The summed E-state index contributed by atoms with van der Waals surface area (Å²) in [6, 6.07) is 17.0. The molecule has 7 nitrogen and oxygen atoms in total. The van der Waals surface area contributed by atoms with Crippen LogP contribution in [0.5, 0.6) is 5.75 Å². The maximum absolute atomic E-state index is 16.0. The molecule has 0 saturated carbocycles. The van der Waals surface area contributed by atoms with E-state index in [-0.39, 0.29) is 25.5 Å². The number of alkyl carbamates (subject to hydrolysis) is 1. The van der Waals surface area contributed by atoms with Crippen molar-refractivity contribution in [3.05, 3.63) is 83.2 Å². The molecular formula is C35H44F2N2O5. The van der Waals surface area contributed by atoms with Gasteiger partial charge in [0.05, 0.1) is 12.5 Å². The number of rotatable bonds is 11. The van der Waals surface area contributed by atoms with E-state index in [9.17, 15) is 14.0 Å². The molecular weight excluding hydrogens is 566 g/mol. The summed E-state index contributed by atoms with van der Waals surface area (Å²) < 4.78 is 46.3. The third kappa shape index (κ3) is 10.2. The zero-order chi connectivity index (χ0) is 32.7. The van der Waals surface area contributed by atoms with Gasteiger partial charge in [0, 0.05) is 36.0 Å². The number of carbonyl (C=O) groups is 2. The molecule has 9 heteroatoms. The van der Waals surface area contributed by atoms with Gasteiger partial charge in [-0.2, -0.15) is 0 Å². The number of hydrogen-bond donors (Lipinski definition) is 1. The average molecular weight is 611 g/mol. The van der Waals surface area contributed by atoms with Crippen LogP contribution in [-0.4, -0.2) is 43.5 Å². The fourth-order valence-corrected chi connectivity index (χ4v) is 4.54. The second-order valence-corrected chi connectivity index (χ2v) is 12.7. The molecule has 0 aromatic heterocycles. The molecule has 0 spiro atoms. The number of benzene rings is 3. The number of halogens is 2.